The van der Waals surface area contributed by atoms with E-state index < -0.39 is 0 Å². The van der Waals surface area contributed by atoms with Crippen molar-refractivity contribution >= 4 is 5.91 Å². The predicted octanol–water partition coefficient (Wildman–Crippen LogP) is 0.666. The molecule has 0 saturated carbocycles. The zero-order chi connectivity index (χ0) is 12.3. The van der Waals surface area contributed by atoms with Crippen molar-refractivity contribution in [2.24, 2.45) is 5.73 Å². The monoisotopic (exact) mass is 227 g/mol. The molecule has 4 heteroatoms. The molecule has 0 aliphatic carbocycles. The van der Waals surface area contributed by atoms with Gasteiger partial charge in [0.25, 0.3) is 0 Å². The van der Waals surface area contributed by atoms with Crippen molar-refractivity contribution in [2.45, 2.75) is 45.7 Å². The number of carbonyl (C=O) groups excluding carboxylic acids is 1. The van der Waals surface area contributed by atoms with E-state index in [-0.39, 0.29) is 17.5 Å². The number of nitrogens with zero attached hydrogens (tertiary/aromatic N) is 2. The number of piperazine rings is 1. The quantitative estimate of drug-likeness (QED) is 0.754. The number of rotatable bonds is 2. The zero-order valence-electron chi connectivity index (χ0n) is 11.0. The van der Waals surface area contributed by atoms with Crippen molar-refractivity contribution in [1.29, 1.82) is 0 Å². The van der Waals surface area contributed by atoms with Crippen LogP contribution in [-0.4, -0.2) is 53.5 Å². The van der Waals surface area contributed by atoms with Gasteiger partial charge in [-0.2, -0.15) is 0 Å². The molecule has 1 atom stereocenters. The molecule has 94 valence electrons. The number of nitrogens with two attached hydrogens (primary N) is 1. The molecule has 1 heterocycles. The van der Waals surface area contributed by atoms with Crippen molar-refractivity contribution in [3.8, 4) is 0 Å². The van der Waals surface area contributed by atoms with E-state index >= 15 is 0 Å². The highest BCUT2D eigenvalue weighted by Crippen LogP contribution is 2.16. The number of hydrogen-bond acceptors (Lipinski definition) is 3. The van der Waals surface area contributed by atoms with Gasteiger partial charge in [-0.05, 0) is 27.7 Å². The van der Waals surface area contributed by atoms with Gasteiger partial charge < -0.3 is 10.6 Å². The molecule has 0 bridgehead atoms. The van der Waals surface area contributed by atoms with Crippen LogP contribution in [0.4, 0.5) is 0 Å². The highest BCUT2D eigenvalue weighted by molar-refractivity contribution is 5.76. The topological polar surface area (TPSA) is 49.6 Å². The second kappa shape index (κ2) is 5.15. The minimum atomic E-state index is -0.0341. The molecule has 1 saturated heterocycles. The molecule has 0 aromatic heterocycles. The zero-order valence-corrected chi connectivity index (χ0v) is 11.0. The van der Waals surface area contributed by atoms with Gasteiger partial charge in [-0.25, -0.2) is 0 Å². The number of amides is 1. The van der Waals surface area contributed by atoms with Crippen LogP contribution in [-0.2, 0) is 4.79 Å². The lowest BCUT2D eigenvalue weighted by molar-refractivity contribution is -0.134. The van der Waals surface area contributed by atoms with Gasteiger partial charge in [0.15, 0.2) is 0 Å². The molecule has 1 fully saturated rings. The molecule has 0 radical (unpaired) electrons. The normalized spacial score (nSPS) is 20.9. The first-order valence-electron chi connectivity index (χ1n) is 6.09. The summed E-state index contributed by atoms with van der Waals surface area (Å²) in [6, 6.07) is -0.0341. The lowest BCUT2D eigenvalue weighted by Gasteiger charge is -2.42. The first kappa shape index (κ1) is 13.5. The van der Waals surface area contributed by atoms with Crippen molar-refractivity contribution in [3.05, 3.63) is 0 Å². The van der Waals surface area contributed by atoms with Crippen LogP contribution in [0.5, 0.6) is 0 Å². The van der Waals surface area contributed by atoms with Crippen LogP contribution in [0.1, 0.15) is 34.1 Å². The van der Waals surface area contributed by atoms with Crippen LogP contribution < -0.4 is 5.73 Å². The van der Waals surface area contributed by atoms with Gasteiger partial charge >= 0.3 is 0 Å². The minimum Gasteiger partial charge on any atom is -0.340 e. The molecule has 1 aliphatic heterocycles. The molecular formula is C12H25N3O. The summed E-state index contributed by atoms with van der Waals surface area (Å²) >= 11 is 0. The molecule has 4 nitrogen and oxygen atoms in total. The molecule has 16 heavy (non-hydrogen) atoms. The Labute approximate surface area is 98.8 Å². The second-order valence-corrected chi connectivity index (χ2v) is 5.72. The third-order valence-electron chi connectivity index (χ3n) is 3.08. The number of hydrogen-bond donors (Lipinski definition) is 1. The first-order chi connectivity index (χ1) is 7.30. The Morgan fingerprint density at radius 2 is 1.75 bits per heavy atom. The van der Waals surface area contributed by atoms with Gasteiger partial charge in [0.2, 0.25) is 5.91 Å². The number of carbonyl (C=O) groups is 1. The van der Waals surface area contributed by atoms with E-state index in [9.17, 15) is 4.79 Å². The summed E-state index contributed by atoms with van der Waals surface area (Å²) in [4.78, 5) is 16.1. The molecule has 2 N–H and O–H groups in total. The molecule has 1 rings (SSSR count). The highest BCUT2D eigenvalue weighted by atomic mass is 16.2. The fraction of sp³-hybridized carbons (Fsp3) is 0.917. The molecule has 0 spiro atoms. The molecule has 0 aromatic carbocycles. The molecule has 1 unspecified atom stereocenters. The van der Waals surface area contributed by atoms with Crippen LogP contribution in [0.3, 0.4) is 0 Å². The Bertz CT molecular complexity index is 237. The van der Waals surface area contributed by atoms with Gasteiger partial charge in [0.1, 0.15) is 0 Å². The van der Waals surface area contributed by atoms with Crippen LogP contribution in [0, 0.1) is 0 Å². The standard InChI is InChI=1S/C12H25N3O/c1-10(13)9-11(16)14-5-7-15(8-6-14)12(2,3)4/h10H,5-9,13H2,1-4H3. The van der Waals surface area contributed by atoms with Gasteiger partial charge in [-0.3, -0.25) is 9.69 Å². The van der Waals surface area contributed by atoms with Crippen molar-refractivity contribution in [3.63, 3.8) is 0 Å². The second-order valence-electron chi connectivity index (χ2n) is 5.72. The van der Waals surface area contributed by atoms with Crippen LogP contribution in [0.2, 0.25) is 0 Å². The van der Waals surface area contributed by atoms with E-state index in [1.54, 1.807) is 0 Å². The summed E-state index contributed by atoms with van der Waals surface area (Å²) in [7, 11) is 0. The third-order valence-corrected chi connectivity index (χ3v) is 3.08. The summed E-state index contributed by atoms with van der Waals surface area (Å²) in [5.74, 6) is 0.198. The highest BCUT2D eigenvalue weighted by Gasteiger charge is 2.27. The summed E-state index contributed by atoms with van der Waals surface area (Å²) < 4.78 is 0. The Kier molecular flexibility index (Phi) is 4.33. The van der Waals surface area contributed by atoms with Gasteiger partial charge in [0.05, 0.1) is 0 Å². The predicted molar refractivity (Wildman–Crippen MR) is 66.2 cm³/mol. The molecule has 1 aliphatic rings. The maximum absolute atomic E-state index is 11.8. The average molecular weight is 227 g/mol. The van der Waals surface area contributed by atoms with Gasteiger partial charge in [0, 0.05) is 44.2 Å². The Morgan fingerprint density at radius 1 is 1.25 bits per heavy atom. The van der Waals surface area contributed by atoms with Crippen molar-refractivity contribution in [1.82, 2.24) is 9.80 Å². The van der Waals surface area contributed by atoms with E-state index in [4.69, 9.17) is 5.73 Å². The first-order valence-corrected chi connectivity index (χ1v) is 6.09. The molecule has 0 aromatic rings. The van der Waals surface area contributed by atoms with Crippen LogP contribution in [0.15, 0.2) is 0 Å². The summed E-state index contributed by atoms with van der Waals surface area (Å²) in [6.07, 6.45) is 0.468. The Morgan fingerprint density at radius 3 is 2.12 bits per heavy atom. The summed E-state index contributed by atoms with van der Waals surface area (Å²) in [5.41, 5.74) is 5.84. The molecule has 1 amide bonds. The van der Waals surface area contributed by atoms with Gasteiger partial charge in [-0.15, -0.1) is 0 Å². The van der Waals surface area contributed by atoms with Crippen LogP contribution in [0.25, 0.3) is 0 Å². The average Bonchev–Trinajstić information content (AvgIpc) is 2.15. The Balaban J connectivity index is 2.40. The minimum absolute atomic E-state index is 0.0341. The maximum Gasteiger partial charge on any atom is 0.224 e. The largest absolute Gasteiger partial charge is 0.340 e. The summed E-state index contributed by atoms with van der Waals surface area (Å²) in [6.45, 7) is 12.1. The SMILES string of the molecule is CC(N)CC(=O)N1CCN(C(C)(C)C)CC1. The van der Waals surface area contributed by atoms with E-state index in [2.05, 4.69) is 25.7 Å². The lowest BCUT2D eigenvalue weighted by Crippen LogP contribution is -2.55. The maximum atomic E-state index is 11.8. The summed E-state index contributed by atoms with van der Waals surface area (Å²) in [5, 5.41) is 0. The van der Waals surface area contributed by atoms with E-state index in [0.29, 0.717) is 6.42 Å². The van der Waals surface area contributed by atoms with E-state index in [1.807, 2.05) is 11.8 Å². The lowest BCUT2D eigenvalue weighted by atomic mass is 10.0. The fourth-order valence-corrected chi connectivity index (χ4v) is 2.03. The van der Waals surface area contributed by atoms with E-state index in [1.165, 1.54) is 0 Å². The third kappa shape index (κ3) is 3.76. The van der Waals surface area contributed by atoms with Crippen molar-refractivity contribution < 1.29 is 4.79 Å². The fourth-order valence-electron chi connectivity index (χ4n) is 2.03. The van der Waals surface area contributed by atoms with Gasteiger partial charge in [-0.1, -0.05) is 0 Å². The Hall–Kier alpha value is -0.610. The van der Waals surface area contributed by atoms with E-state index in [0.717, 1.165) is 26.2 Å². The van der Waals surface area contributed by atoms with Crippen molar-refractivity contribution in [2.75, 3.05) is 26.2 Å². The molecular weight excluding hydrogens is 202 g/mol. The van der Waals surface area contributed by atoms with Crippen LogP contribution >= 0.6 is 0 Å². The smallest absolute Gasteiger partial charge is 0.224 e.